The second-order valence-electron chi connectivity index (χ2n) is 4.11. The molecule has 1 N–H and O–H groups in total. The molecule has 0 fully saturated rings. The molecule has 14 heavy (non-hydrogen) atoms. The highest BCUT2D eigenvalue weighted by Gasteiger charge is 2.26. The summed E-state index contributed by atoms with van der Waals surface area (Å²) >= 11 is 0. The number of hydrogen-bond donors (Lipinski definition) is 1. The zero-order valence-corrected chi connectivity index (χ0v) is 10.0. The lowest BCUT2D eigenvalue weighted by Crippen LogP contribution is -2.37. The number of methoxy groups -OCH3 is 1. The van der Waals surface area contributed by atoms with Gasteiger partial charge in [0.1, 0.15) is 0 Å². The van der Waals surface area contributed by atoms with E-state index >= 15 is 0 Å². The molecule has 0 amide bonds. The van der Waals surface area contributed by atoms with Crippen LogP contribution in [-0.4, -0.2) is 36.6 Å². The summed E-state index contributed by atoms with van der Waals surface area (Å²) in [5.41, 5.74) is -0.188. The normalized spacial score (nSPS) is 20.1. The largest absolute Gasteiger partial charge is 0.391 e. The molecular weight excluding hydrogens is 180 g/mol. The van der Waals surface area contributed by atoms with Gasteiger partial charge in [0.05, 0.1) is 17.8 Å². The van der Waals surface area contributed by atoms with Crippen molar-refractivity contribution in [3.8, 4) is 0 Å². The van der Waals surface area contributed by atoms with E-state index in [-0.39, 0.29) is 11.7 Å². The molecule has 0 aromatic carbocycles. The topological polar surface area (TPSA) is 38.7 Å². The highest BCUT2D eigenvalue weighted by atomic mass is 16.5. The van der Waals surface area contributed by atoms with Crippen molar-refractivity contribution in [1.29, 1.82) is 0 Å². The second kappa shape index (κ2) is 6.38. The molecule has 0 saturated heterocycles. The number of hydrogen-bond acceptors (Lipinski definition) is 3. The van der Waals surface area contributed by atoms with Crippen LogP contribution in [0.5, 0.6) is 0 Å². The van der Waals surface area contributed by atoms with E-state index in [4.69, 9.17) is 9.47 Å². The minimum atomic E-state index is -0.427. The van der Waals surface area contributed by atoms with E-state index < -0.39 is 6.10 Å². The van der Waals surface area contributed by atoms with Crippen molar-refractivity contribution in [2.45, 2.75) is 58.3 Å². The smallest absolute Gasteiger partial charge is 0.0810 e. The third kappa shape index (κ3) is 4.94. The Morgan fingerprint density at radius 1 is 1.36 bits per heavy atom. The summed E-state index contributed by atoms with van der Waals surface area (Å²) in [4.78, 5) is 0. The Hall–Kier alpha value is -0.120. The molecule has 0 aliphatic carbocycles. The van der Waals surface area contributed by atoms with E-state index in [0.717, 1.165) is 12.8 Å². The van der Waals surface area contributed by atoms with Gasteiger partial charge in [0.15, 0.2) is 0 Å². The maximum atomic E-state index is 9.35. The third-order valence-corrected chi connectivity index (χ3v) is 2.73. The highest BCUT2D eigenvalue weighted by molar-refractivity contribution is 4.76. The van der Waals surface area contributed by atoms with Gasteiger partial charge in [-0.3, -0.25) is 0 Å². The van der Waals surface area contributed by atoms with Gasteiger partial charge in [0.2, 0.25) is 0 Å². The Morgan fingerprint density at radius 2 is 1.93 bits per heavy atom. The number of aliphatic hydroxyl groups excluding tert-OH is 1. The van der Waals surface area contributed by atoms with Crippen LogP contribution in [0.1, 0.15) is 40.5 Å². The average molecular weight is 204 g/mol. The Labute approximate surface area is 87.4 Å². The molecule has 0 aliphatic rings. The van der Waals surface area contributed by atoms with Crippen molar-refractivity contribution in [1.82, 2.24) is 0 Å². The molecule has 0 saturated carbocycles. The molecule has 86 valence electrons. The minimum Gasteiger partial charge on any atom is -0.391 e. The Kier molecular flexibility index (Phi) is 6.33. The van der Waals surface area contributed by atoms with Gasteiger partial charge in [0.25, 0.3) is 0 Å². The predicted molar refractivity (Wildman–Crippen MR) is 57.4 cm³/mol. The van der Waals surface area contributed by atoms with Crippen LogP contribution in [0.4, 0.5) is 0 Å². The van der Waals surface area contributed by atoms with Crippen molar-refractivity contribution in [2.75, 3.05) is 13.7 Å². The van der Waals surface area contributed by atoms with Crippen molar-refractivity contribution < 1.29 is 14.6 Å². The summed E-state index contributed by atoms with van der Waals surface area (Å²) in [6.07, 6.45) is 1.23. The molecule has 3 nitrogen and oxygen atoms in total. The molecule has 3 heteroatoms. The summed E-state index contributed by atoms with van der Waals surface area (Å²) in [7, 11) is 1.69. The number of ether oxygens (including phenoxy) is 2. The lowest BCUT2D eigenvalue weighted by molar-refractivity contribution is -0.125. The summed E-state index contributed by atoms with van der Waals surface area (Å²) in [5, 5.41) is 9.35. The van der Waals surface area contributed by atoms with Crippen LogP contribution >= 0.6 is 0 Å². The predicted octanol–water partition coefficient (Wildman–Crippen LogP) is 1.98. The van der Waals surface area contributed by atoms with Gasteiger partial charge in [-0.1, -0.05) is 6.92 Å². The molecular formula is C11H24O3. The highest BCUT2D eigenvalue weighted by Crippen LogP contribution is 2.22. The molecule has 0 rings (SSSR count). The fraction of sp³-hybridized carbons (Fsp3) is 1.00. The average Bonchev–Trinajstić information content (AvgIpc) is 2.14. The van der Waals surface area contributed by atoms with Crippen molar-refractivity contribution in [3.63, 3.8) is 0 Å². The maximum absolute atomic E-state index is 9.35. The molecule has 0 aromatic rings. The van der Waals surface area contributed by atoms with Gasteiger partial charge in [-0.05, 0) is 33.6 Å². The van der Waals surface area contributed by atoms with E-state index in [1.807, 2.05) is 6.92 Å². The first-order valence-corrected chi connectivity index (χ1v) is 5.30. The summed E-state index contributed by atoms with van der Waals surface area (Å²) in [6.45, 7) is 8.48. The molecule has 0 bridgehead atoms. The van der Waals surface area contributed by atoms with Gasteiger partial charge in [-0.2, -0.15) is 0 Å². The van der Waals surface area contributed by atoms with Crippen LogP contribution < -0.4 is 0 Å². The quantitative estimate of drug-likeness (QED) is 0.689. The molecule has 3 unspecified atom stereocenters. The van der Waals surface area contributed by atoms with E-state index in [2.05, 4.69) is 13.8 Å². The first kappa shape index (κ1) is 13.9. The summed E-state index contributed by atoms with van der Waals surface area (Å²) in [6, 6.07) is 0. The lowest BCUT2D eigenvalue weighted by Gasteiger charge is -2.33. The molecule has 0 aliphatic heterocycles. The van der Waals surface area contributed by atoms with Crippen LogP contribution in [-0.2, 0) is 9.47 Å². The number of rotatable bonds is 7. The molecule has 0 aromatic heterocycles. The Bertz CT molecular complexity index is 147. The van der Waals surface area contributed by atoms with Crippen LogP contribution in [0, 0.1) is 0 Å². The van der Waals surface area contributed by atoms with Gasteiger partial charge in [0, 0.05) is 13.7 Å². The fourth-order valence-corrected chi connectivity index (χ4v) is 1.18. The monoisotopic (exact) mass is 204 g/mol. The lowest BCUT2D eigenvalue weighted by atomic mass is 9.98. The molecule has 0 spiro atoms. The second-order valence-corrected chi connectivity index (χ2v) is 4.11. The minimum absolute atomic E-state index is 0.128. The Morgan fingerprint density at radius 3 is 2.29 bits per heavy atom. The van der Waals surface area contributed by atoms with Crippen LogP contribution in [0.15, 0.2) is 0 Å². The van der Waals surface area contributed by atoms with Gasteiger partial charge >= 0.3 is 0 Å². The van der Waals surface area contributed by atoms with Crippen molar-refractivity contribution in [3.05, 3.63) is 0 Å². The number of aliphatic hydroxyl groups is 1. The zero-order valence-electron chi connectivity index (χ0n) is 10.0. The maximum Gasteiger partial charge on any atom is 0.0810 e. The zero-order chi connectivity index (χ0) is 11.2. The molecule has 3 atom stereocenters. The van der Waals surface area contributed by atoms with E-state index in [0.29, 0.717) is 6.61 Å². The third-order valence-electron chi connectivity index (χ3n) is 2.73. The van der Waals surface area contributed by atoms with Crippen LogP contribution in [0.2, 0.25) is 0 Å². The summed E-state index contributed by atoms with van der Waals surface area (Å²) < 4.78 is 10.9. The SMILES string of the molecule is CCC(C)(CCOC)OC(C)C(C)O. The molecule has 0 radical (unpaired) electrons. The fourth-order valence-electron chi connectivity index (χ4n) is 1.18. The summed E-state index contributed by atoms with van der Waals surface area (Å²) in [5.74, 6) is 0. The first-order chi connectivity index (χ1) is 6.45. The van der Waals surface area contributed by atoms with Crippen molar-refractivity contribution >= 4 is 0 Å². The first-order valence-electron chi connectivity index (χ1n) is 5.30. The molecule has 0 heterocycles. The van der Waals surface area contributed by atoms with Crippen LogP contribution in [0.3, 0.4) is 0 Å². The Balaban J connectivity index is 4.09. The van der Waals surface area contributed by atoms with E-state index in [1.165, 1.54) is 0 Å². The van der Waals surface area contributed by atoms with E-state index in [1.54, 1.807) is 14.0 Å². The van der Waals surface area contributed by atoms with Gasteiger partial charge < -0.3 is 14.6 Å². The van der Waals surface area contributed by atoms with Gasteiger partial charge in [-0.15, -0.1) is 0 Å². The van der Waals surface area contributed by atoms with Crippen molar-refractivity contribution in [2.24, 2.45) is 0 Å². The van der Waals surface area contributed by atoms with E-state index in [9.17, 15) is 5.11 Å². The standard InChI is InChI=1S/C11H24O3/c1-6-11(4,7-8-13-5)14-10(3)9(2)12/h9-10,12H,6-8H2,1-5H3. The van der Waals surface area contributed by atoms with Gasteiger partial charge in [-0.25, -0.2) is 0 Å². The van der Waals surface area contributed by atoms with Crippen LogP contribution in [0.25, 0.3) is 0 Å².